The summed E-state index contributed by atoms with van der Waals surface area (Å²) in [6.45, 7) is 13.6. The van der Waals surface area contributed by atoms with Gasteiger partial charge in [-0.25, -0.2) is 9.59 Å². The van der Waals surface area contributed by atoms with Gasteiger partial charge in [-0.1, -0.05) is 156 Å². The number of carbonyl (C=O) groups is 9. The van der Waals surface area contributed by atoms with Crippen LogP contribution in [-0.2, 0) is 68.8 Å². The topological polar surface area (TPSA) is 513 Å². The van der Waals surface area contributed by atoms with Crippen molar-refractivity contribution in [3.63, 3.8) is 0 Å². The average Bonchev–Trinajstić information content (AvgIpc) is 0.866. The van der Waals surface area contributed by atoms with Gasteiger partial charge in [0.2, 0.25) is 29.5 Å². The molecule has 6 amide bonds. The second-order valence-corrected chi connectivity index (χ2v) is 30.4. The standard InChI is InChI=1S/C38H59N5O9.C37H53N3O7.C7H17NO5/c1-24(2)18-27(36(50)41-29(16-10-11-17-39)38(52)43(3)22-32(46)34(48)35(49)33(47)23-44)21-31(45)30(20-26-14-8-5-9-15-26)42-37(51)28(40)19-25-12-6-4-7-13-25;1-25(2)21-29(34(43)39-30(35(44)45)19-13-14-20-38-36(46)47-37(4,5)6)24-32(41)31(23-28-17-11-8-12-18-28)40-33(42)26(3)22-27-15-9-7-10-16-27;1-8-2-4(10)6(12)7(13)5(11)3-9/h4-9,12-15,24,27-30,32-35,44,46-49H,10-11,16-23,39-40H2,1-3H3,(H,41,50)(H,42,51);7-12,15-18,25-26,29-31H,13-14,19-24H2,1-6H3,(H,38,46)(H,39,43)(H,40,42)(H,44,45);4-13H,2-3H2,1H3/t27-,28+,29+,30+,32-,33+,34+,35+;26-,29+,30-,31-;4-,5+,6+,7+/m010/s1. The number of ether oxygens (including phenoxy) is 1. The molecule has 0 aromatic heterocycles. The Labute approximate surface area is 659 Å². The number of benzene rings is 4. The maximum atomic E-state index is 14.0. The molecule has 0 aliphatic carbocycles. The zero-order chi connectivity index (χ0) is 84.2. The molecule has 30 heteroatoms. The van der Waals surface area contributed by atoms with Gasteiger partial charge in [0.15, 0.2) is 11.6 Å². The summed E-state index contributed by atoms with van der Waals surface area (Å²) in [4.78, 5) is 120. The van der Waals surface area contributed by atoms with Crippen LogP contribution in [0.4, 0.5) is 4.79 Å². The zero-order valence-electron chi connectivity index (χ0n) is 66.7. The van der Waals surface area contributed by atoms with Gasteiger partial charge in [0, 0.05) is 57.3 Å². The van der Waals surface area contributed by atoms with Crippen molar-refractivity contribution < 1.29 is 104 Å². The predicted molar refractivity (Wildman–Crippen MR) is 423 cm³/mol. The highest BCUT2D eigenvalue weighted by Gasteiger charge is 2.37. The molecule has 0 saturated carbocycles. The van der Waals surface area contributed by atoms with E-state index in [1.165, 1.54) is 7.05 Å². The third-order valence-corrected chi connectivity index (χ3v) is 18.3. The number of hydrogen-bond acceptors (Lipinski definition) is 23. The Morgan fingerprint density at radius 3 is 1.26 bits per heavy atom. The number of amides is 6. The molecule has 4 aromatic carbocycles. The van der Waals surface area contributed by atoms with Crippen molar-refractivity contribution in [1.82, 2.24) is 36.8 Å². The first-order valence-electron chi connectivity index (χ1n) is 38.5. The third kappa shape index (κ3) is 40.0. The third-order valence-electron chi connectivity index (χ3n) is 18.3. The molecule has 21 N–H and O–H groups in total. The summed E-state index contributed by atoms with van der Waals surface area (Å²) in [6, 6.07) is 32.6. The van der Waals surface area contributed by atoms with E-state index >= 15 is 0 Å². The van der Waals surface area contributed by atoms with Gasteiger partial charge in [0.05, 0.1) is 37.4 Å². The summed E-state index contributed by atoms with van der Waals surface area (Å²) in [5.74, 6) is -6.14. The Balaban J connectivity index is 0.000000657. The van der Waals surface area contributed by atoms with Crippen LogP contribution in [0.5, 0.6) is 0 Å². The van der Waals surface area contributed by atoms with Crippen molar-refractivity contribution in [3.8, 4) is 0 Å². The first-order chi connectivity index (χ1) is 52.9. The lowest BCUT2D eigenvalue weighted by molar-refractivity contribution is -0.143. The molecular formula is C82H129N9O21. The lowest BCUT2D eigenvalue weighted by Crippen LogP contribution is -2.54. The van der Waals surface area contributed by atoms with Crippen molar-refractivity contribution >= 4 is 53.2 Å². The van der Waals surface area contributed by atoms with Crippen LogP contribution in [0.2, 0.25) is 0 Å². The van der Waals surface area contributed by atoms with Crippen LogP contribution < -0.4 is 43.4 Å². The molecule has 0 saturated heterocycles. The highest BCUT2D eigenvalue weighted by Crippen LogP contribution is 2.23. The zero-order valence-corrected chi connectivity index (χ0v) is 66.7. The summed E-state index contributed by atoms with van der Waals surface area (Å²) >= 11 is 0. The van der Waals surface area contributed by atoms with Crippen LogP contribution in [0.15, 0.2) is 121 Å². The first kappa shape index (κ1) is 99.9. The normalized spacial score (nSPS) is 15.8. The number of aliphatic carboxylic acids is 1. The lowest BCUT2D eigenvalue weighted by atomic mass is 9.88. The molecule has 0 fully saturated rings. The van der Waals surface area contributed by atoms with Crippen molar-refractivity contribution in [1.29, 1.82) is 0 Å². The Morgan fingerprint density at radius 1 is 0.482 bits per heavy atom. The Morgan fingerprint density at radius 2 is 0.857 bits per heavy atom. The van der Waals surface area contributed by atoms with Crippen LogP contribution >= 0.6 is 0 Å². The van der Waals surface area contributed by atoms with Crippen molar-refractivity contribution in [3.05, 3.63) is 144 Å². The summed E-state index contributed by atoms with van der Waals surface area (Å²) in [6.07, 6.45) is -9.41. The van der Waals surface area contributed by atoms with E-state index in [1.54, 1.807) is 27.8 Å². The van der Waals surface area contributed by atoms with Gasteiger partial charge in [-0.15, -0.1) is 0 Å². The number of hydrogen-bond donors (Lipinski definition) is 19. The van der Waals surface area contributed by atoms with Gasteiger partial charge in [0.1, 0.15) is 60.4 Å². The number of nitrogens with two attached hydrogens (primary N) is 2. The number of alkyl carbamates (subject to hydrolysis) is 1. The van der Waals surface area contributed by atoms with Crippen LogP contribution in [0.25, 0.3) is 0 Å². The van der Waals surface area contributed by atoms with E-state index in [2.05, 4.69) is 31.9 Å². The molecule has 16 atom stereocenters. The van der Waals surface area contributed by atoms with Gasteiger partial charge < -0.3 is 109 Å². The summed E-state index contributed by atoms with van der Waals surface area (Å²) in [7, 11) is 2.93. The second kappa shape index (κ2) is 53.7. The fourth-order valence-corrected chi connectivity index (χ4v) is 12.0. The molecule has 628 valence electrons. The number of carboxylic acids is 1. The Bertz CT molecular complexity index is 3360. The van der Waals surface area contributed by atoms with E-state index in [0.717, 1.165) is 27.2 Å². The number of rotatable bonds is 49. The number of unbranched alkanes of at least 4 members (excludes halogenated alkanes) is 2. The Kier molecular flexibility index (Phi) is 47.9. The maximum Gasteiger partial charge on any atom is 0.407 e. The molecular weight excluding hydrogens is 1450 g/mol. The van der Waals surface area contributed by atoms with E-state index in [-0.39, 0.29) is 86.7 Å². The van der Waals surface area contributed by atoms with E-state index in [0.29, 0.717) is 58.0 Å². The second-order valence-electron chi connectivity index (χ2n) is 30.4. The molecule has 0 radical (unpaired) electrons. The number of aliphatic hydroxyl groups is 10. The Hall–Kier alpha value is -8.21. The molecule has 0 spiro atoms. The van der Waals surface area contributed by atoms with Gasteiger partial charge in [-0.3, -0.25) is 33.6 Å². The van der Waals surface area contributed by atoms with Crippen molar-refractivity contribution in [2.24, 2.45) is 41.1 Å². The molecule has 0 aliphatic rings. The van der Waals surface area contributed by atoms with Crippen LogP contribution in [0, 0.1) is 29.6 Å². The van der Waals surface area contributed by atoms with E-state index in [9.17, 15) is 73.8 Å². The van der Waals surface area contributed by atoms with Gasteiger partial charge >= 0.3 is 12.1 Å². The fourth-order valence-electron chi connectivity index (χ4n) is 12.0. The van der Waals surface area contributed by atoms with Crippen molar-refractivity contribution in [2.75, 3.05) is 53.5 Å². The van der Waals surface area contributed by atoms with E-state index in [4.69, 9.17) is 41.7 Å². The maximum absolute atomic E-state index is 14.0. The number of Topliss-reactive ketones (excluding diaryl/α,β-unsaturated/α-hetero) is 2. The molecule has 0 heterocycles. The predicted octanol–water partition coefficient (Wildman–Crippen LogP) is 1.53. The minimum atomic E-state index is -1.87. The minimum absolute atomic E-state index is 0.00333. The van der Waals surface area contributed by atoms with Gasteiger partial charge in [0.25, 0.3) is 0 Å². The SMILES string of the molecule is CC(C)C[C@@H](CC(=O)[C@@H](Cc1ccccc1)NC(=O)[C@H](C)Cc1ccccc1)C(=O)N[C@H](CCCCNC(=O)OC(C)(C)C)C(=O)O.CC(C)C[C@@H](CC(=O)[C@@H](Cc1ccccc1)NC(=O)[C@H](N)Cc1ccccc1)C(=O)N[C@H](CCCCN)C(=O)N(C)C[C@H](O)[C@@H](O)[C@H](O)[C@H](O)CO.CNC[C@H](O)[C@@H](O)[C@H](O)[C@H](O)CO. The monoisotopic (exact) mass is 1580 g/mol. The number of carbonyl (C=O) groups excluding carboxylic acids is 8. The number of nitrogens with zero attached hydrogens (tertiary/aromatic N) is 1. The van der Waals surface area contributed by atoms with Crippen LogP contribution in [0.3, 0.4) is 0 Å². The van der Waals surface area contributed by atoms with Crippen molar-refractivity contribution in [2.45, 2.75) is 230 Å². The number of nitrogens with one attached hydrogen (secondary N) is 6. The van der Waals surface area contributed by atoms with Gasteiger partial charge in [-0.2, -0.15) is 0 Å². The number of ketones is 2. The molecule has 0 unspecified atom stereocenters. The fraction of sp³-hybridized carbons (Fsp3) is 0.598. The van der Waals surface area contributed by atoms with Crippen LogP contribution in [-0.4, -0.2) is 252 Å². The number of likely N-dealkylation sites (N-methyl/N-ethyl adjacent to an activating group) is 2. The molecule has 0 bridgehead atoms. The molecule has 112 heavy (non-hydrogen) atoms. The average molecular weight is 1580 g/mol. The highest BCUT2D eigenvalue weighted by atomic mass is 16.6. The number of carboxylic acid groups (broad SMARTS) is 1. The van der Waals surface area contributed by atoms with E-state index in [1.807, 2.05) is 156 Å². The molecule has 4 aromatic rings. The minimum Gasteiger partial charge on any atom is -0.480 e. The summed E-state index contributed by atoms with van der Waals surface area (Å²) in [5, 5.41) is 121. The first-order valence-corrected chi connectivity index (χ1v) is 38.5. The summed E-state index contributed by atoms with van der Waals surface area (Å²) < 4.78 is 5.20. The molecule has 30 nitrogen and oxygen atoms in total. The van der Waals surface area contributed by atoms with Gasteiger partial charge in [-0.05, 0) is 146 Å². The molecule has 4 rings (SSSR count). The summed E-state index contributed by atoms with van der Waals surface area (Å²) in [5.41, 5.74) is 14.9. The van der Waals surface area contributed by atoms with E-state index < -0.39 is 152 Å². The number of aliphatic hydroxyl groups excluding tert-OH is 10. The smallest absolute Gasteiger partial charge is 0.407 e. The van der Waals surface area contributed by atoms with Crippen LogP contribution in [0.1, 0.15) is 142 Å². The lowest BCUT2D eigenvalue weighted by Gasteiger charge is -2.31. The highest BCUT2D eigenvalue weighted by molar-refractivity contribution is 5.96. The molecule has 0 aliphatic heterocycles. The quantitative estimate of drug-likeness (QED) is 0.0279. The largest absolute Gasteiger partial charge is 0.480 e.